The van der Waals surface area contributed by atoms with Crippen molar-refractivity contribution in [1.82, 2.24) is 5.16 Å². The molecule has 0 bridgehead atoms. The van der Waals surface area contributed by atoms with Gasteiger partial charge in [-0.25, -0.2) is 0 Å². The molecule has 0 radical (unpaired) electrons. The van der Waals surface area contributed by atoms with Gasteiger partial charge in [-0.2, -0.15) is 0 Å². The fourth-order valence-electron chi connectivity index (χ4n) is 2.19. The van der Waals surface area contributed by atoms with Gasteiger partial charge in [0, 0.05) is 15.8 Å². The van der Waals surface area contributed by atoms with Crippen LogP contribution in [0.1, 0.15) is 11.5 Å². The maximum atomic E-state index is 11.1. The van der Waals surface area contributed by atoms with Gasteiger partial charge in [-0.05, 0) is 36.4 Å². The fourth-order valence-corrected chi connectivity index (χ4v) is 3.84. The van der Waals surface area contributed by atoms with Crippen LogP contribution < -0.4 is 0 Å². The molecule has 0 fully saturated rings. The smallest absolute Gasteiger partial charge is 0.141 e. The van der Waals surface area contributed by atoms with E-state index in [4.69, 9.17) is 4.52 Å². The van der Waals surface area contributed by atoms with Crippen LogP contribution in [0.25, 0.3) is 21.2 Å². The fraction of sp³-hybridized carbons (Fsp3) is 0.154. The Bertz CT molecular complexity index is 769. The second kappa shape index (κ2) is 4.56. The number of hydrogen-bond donors (Lipinski definition) is 0. The average molecular weight is 292 g/mol. The van der Waals surface area contributed by atoms with Crippen LogP contribution in [-0.2, 0) is 11.1 Å². The molecule has 0 saturated carbocycles. The lowest BCUT2D eigenvalue weighted by Gasteiger charge is -2.02. The molecule has 2 aromatic heterocycles. The number of fused-ring (bicyclic) bond motifs is 1. The monoisotopic (exact) mass is 292 g/mol. The molecule has 3 rings (SSSR count). The Kier molecular flexibility index (Phi) is 3.00. The Hall–Kier alpha value is -1.50. The highest BCUT2D eigenvalue weighted by atomic mass is 32.2. The quantitative estimate of drug-likeness (QED) is 0.679. The first-order chi connectivity index (χ1) is 9.08. The van der Waals surface area contributed by atoms with Gasteiger partial charge in [0.25, 0.3) is 0 Å². The SMILES string of the molecule is Cc1noc(C)c1-c1cccc2cc(S(=O)[O-])sc12. The van der Waals surface area contributed by atoms with E-state index in [9.17, 15) is 8.76 Å². The highest BCUT2D eigenvalue weighted by Gasteiger charge is 2.15. The van der Waals surface area contributed by atoms with Gasteiger partial charge in [-0.3, -0.25) is 4.21 Å². The standard InChI is InChI=1S/C13H11NO3S2/c1-7-12(8(2)17-14-7)10-5-3-4-9-6-11(19(15)16)18-13(9)10/h3-6H,1-2H3,(H,15,16)/p-1. The summed E-state index contributed by atoms with van der Waals surface area (Å²) in [7, 11) is 0. The molecule has 0 spiro atoms. The summed E-state index contributed by atoms with van der Waals surface area (Å²) >= 11 is -0.932. The van der Waals surface area contributed by atoms with Crippen LogP contribution in [0, 0.1) is 13.8 Å². The van der Waals surface area contributed by atoms with E-state index < -0.39 is 11.1 Å². The van der Waals surface area contributed by atoms with Gasteiger partial charge in [0.05, 0.1) is 9.90 Å². The molecule has 0 saturated heterocycles. The zero-order valence-electron chi connectivity index (χ0n) is 10.3. The normalized spacial score (nSPS) is 13.0. The highest BCUT2D eigenvalue weighted by Crippen LogP contribution is 2.38. The third kappa shape index (κ3) is 2.01. The van der Waals surface area contributed by atoms with Gasteiger partial charge in [-0.1, -0.05) is 23.4 Å². The van der Waals surface area contributed by atoms with E-state index in [0.717, 1.165) is 32.7 Å². The van der Waals surface area contributed by atoms with Crippen molar-refractivity contribution in [2.75, 3.05) is 0 Å². The van der Waals surface area contributed by atoms with Crippen molar-refractivity contribution < 1.29 is 13.3 Å². The molecule has 0 aliphatic carbocycles. The lowest BCUT2D eigenvalue weighted by molar-refractivity contribution is 0.393. The van der Waals surface area contributed by atoms with Crippen LogP contribution in [0.4, 0.5) is 0 Å². The lowest BCUT2D eigenvalue weighted by Crippen LogP contribution is -1.81. The van der Waals surface area contributed by atoms with Crippen LogP contribution in [-0.4, -0.2) is 13.9 Å². The molecule has 3 aromatic rings. The second-order valence-corrected chi connectivity index (χ2v) is 6.44. The second-order valence-electron chi connectivity index (χ2n) is 4.22. The zero-order valence-corrected chi connectivity index (χ0v) is 11.9. The molecule has 1 atom stereocenters. The Morgan fingerprint density at radius 3 is 2.79 bits per heavy atom. The molecular formula is C13H10NO3S2-. The summed E-state index contributed by atoms with van der Waals surface area (Å²) in [6.07, 6.45) is 0. The lowest BCUT2D eigenvalue weighted by atomic mass is 10.0. The molecule has 19 heavy (non-hydrogen) atoms. The average Bonchev–Trinajstić information content (AvgIpc) is 2.93. The third-order valence-electron chi connectivity index (χ3n) is 2.99. The van der Waals surface area contributed by atoms with Crippen molar-refractivity contribution in [2.45, 2.75) is 18.1 Å². The van der Waals surface area contributed by atoms with E-state index in [1.807, 2.05) is 32.0 Å². The minimum Gasteiger partial charge on any atom is -0.768 e. The number of benzene rings is 1. The van der Waals surface area contributed by atoms with Gasteiger partial charge in [0.2, 0.25) is 0 Å². The number of hydrogen-bond acceptors (Lipinski definition) is 5. The van der Waals surface area contributed by atoms with Crippen molar-refractivity contribution in [1.29, 1.82) is 0 Å². The number of nitrogens with zero attached hydrogens (tertiary/aromatic N) is 1. The van der Waals surface area contributed by atoms with E-state index in [2.05, 4.69) is 5.16 Å². The Morgan fingerprint density at radius 1 is 1.37 bits per heavy atom. The maximum absolute atomic E-state index is 11.1. The van der Waals surface area contributed by atoms with E-state index in [-0.39, 0.29) is 0 Å². The van der Waals surface area contributed by atoms with Crippen LogP contribution >= 0.6 is 11.3 Å². The summed E-state index contributed by atoms with van der Waals surface area (Å²) in [5, 5.41) is 4.87. The number of thiophene rings is 1. The van der Waals surface area contributed by atoms with Crippen molar-refractivity contribution in [3.8, 4) is 11.1 Å². The van der Waals surface area contributed by atoms with Gasteiger partial charge >= 0.3 is 0 Å². The minimum absolute atomic E-state index is 0.342. The van der Waals surface area contributed by atoms with Gasteiger partial charge in [0.1, 0.15) is 5.76 Å². The molecule has 1 unspecified atom stereocenters. The van der Waals surface area contributed by atoms with Crippen molar-refractivity contribution in [3.05, 3.63) is 35.7 Å². The van der Waals surface area contributed by atoms with Gasteiger partial charge in [0.15, 0.2) is 0 Å². The molecule has 98 valence electrons. The topological polar surface area (TPSA) is 66.2 Å². The predicted molar refractivity (Wildman–Crippen MR) is 74.0 cm³/mol. The molecule has 1 aromatic carbocycles. The van der Waals surface area contributed by atoms with Crippen LogP contribution in [0.15, 0.2) is 33.0 Å². The number of aromatic nitrogens is 1. The molecular weight excluding hydrogens is 282 g/mol. The molecule has 0 aliphatic heterocycles. The summed E-state index contributed by atoms with van der Waals surface area (Å²) in [5.74, 6) is 0.739. The molecule has 4 nitrogen and oxygen atoms in total. The molecule has 2 heterocycles. The first-order valence-corrected chi connectivity index (χ1v) is 7.52. The summed E-state index contributed by atoms with van der Waals surface area (Å²) in [6, 6.07) is 7.46. The largest absolute Gasteiger partial charge is 0.768 e. The van der Waals surface area contributed by atoms with E-state index in [1.54, 1.807) is 6.07 Å². The summed E-state index contributed by atoms with van der Waals surface area (Å²) in [4.78, 5) is 0. The van der Waals surface area contributed by atoms with Crippen LogP contribution in [0.2, 0.25) is 0 Å². The molecule has 0 N–H and O–H groups in total. The summed E-state index contributed by atoms with van der Waals surface area (Å²) in [6.45, 7) is 3.74. The van der Waals surface area contributed by atoms with E-state index >= 15 is 0 Å². The number of rotatable bonds is 2. The Labute approximate surface area is 116 Å². The number of aryl methyl sites for hydroxylation is 2. The third-order valence-corrected chi connectivity index (χ3v) is 5.07. The molecule has 6 heteroatoms. The van der Waals surface area contributed by atoms with Gasteiger partial charge < -0.3 is 9.08 Å². The maximum Gasteiger partial charge on any atom is 0.141 e. The van der Waals surface area contributed by atoms with E-state index in [1.165, 1.54) is 11.3 Å². The first-order valence-electron chi connectivity index (χ1n) is 5.63. The summed E-state index contributed by atoms with van der Waals surface area (Å²) in [5.41, 5.74) is 2.72. The Morgan fingerprint density at radius 2 is 2.16 bits per heavy atom. The van der Waals surface area contributed by atoms with Crippen molar-refractivity contribution in [3.63, 3.8) is 0 Å². The van der Waals surface area contributed by atoms with Crippen molar-refractivity contribution >= 4 is 32.5 Å². The minimum atomic E-state index is -2.20. The summed E-state index contributed by atoms with van der Waals surface area (Å²) < 4.78 is 28.6. The molecule has 0 aliphatic rings. The van der Waals surface area contributed by atoms with Crippen LogP contribution in [0.3, 0.4) is 0 Å². The van der Waals surface area contributed by atoms with E-state index in [0.29, 0.717) is 4.21 Å². The Balaban J connectivity index is 2.33. The zero-order chi connectivity index (χ0) is 13.6. The van der Waals surface area contributed by atoms with Crippen LogP contribution in [0.5, 0.6) is 0 Å². The van der Waals surface area contributed by atoms with Gasteiger partial charge in [-0.15, -0.1) is 11.3 Å². The highest BCUT2D eigenvalue weighted by molar-refractivity contribution is 7.82. The van der Waals surface area contributed by atoms with Crippen molar-refractivity contribution in [2.24, 2.45) is 0 Å². The molecule has 0 amide bonds. The predicted octanol–water partition coefficient (Wildman–Crippen LogP) is 3.41. The first kappa shape index (κ1) is 12.5.